The van der Waals surface area contributed by atoms with Gasteiger partial charge in [-0.15, -0.1) is 0 Å². The summed E-state index contributed by atoms with van der Waals surface area (Å²) in [6, 6.07) is 6.91. The first-order chi connectivity index (χ1) is 10.2. The Morgan fingerprint density at radius 1 is 1.38 bits per heavy atom. The molecule has 2 amide bonds. The molecule has 1 aliphatic rings. The van der Waals surface area contributed by atoms with E-state index >= 15 is 0 Å². The van der Waals surface area contributed by atoms with Crippen molar-refractivity contribution in [2.24, 2.45) is 0 Å². The minimum Gasteiger partial charge on any atom is -0.484 e. The lowest BCUT2D eigenvalue weighted by Crippen LogP contribution is -2.43. The summed E-state index contributed by atoms with van der Waals surface area (Å²) < 4.78 is 5.35. The number of anilines is 1. The summed E-state index contributed by atoms with van der Waals surface area (Å²) in [5.41, 5.74) is 0.668. The van der Waals surface area contributed by atoms with Crippen molar-refractivity contribution in [2.75, 3.05) is 25.5 Å². The minimum absolute atomic E-state index is 0.0295. The lowest BCUT2D eigenvalue weighted by Gasteiger charge is -2.22. The largest absolute Gasteiger partial charge is 0.484 e. The SMILES string of the molecule is CNC(=O)COc1cccc(NC(=O)[C@@H]2CCCCN2)c1. The van der Waals surface area contributed by atoms with Crippen LogP contribution in [0.2, 0.25) is 0 Å². The highest BCUT2D eigenvalue weighted by Crippen LogP contribution is 2.18. The topological polar surface area (TPSA) is 79.5 Å². The number of hydrogen-bond donors (Lipinski definition) is 3. The fraction of sp³-hybridized carbons (Fsp3) is 0.467. The second-order valence-electron chi connectivity index (χ2n) is 4.98. The molecule has 21 heavy (non-hydrogen) atoms. The van der Waals surface area contributed by atoms with E-state index in [0.29, 0.717) is 11.4 Å². The van der Waals surface area contributed by atoms with Crippen LogP contribution >= 0.6 is 0 Å². The maximum Gasteiger partial charge on any atom is 0.257 e. The molecule has 6 nitrogen and oxygen atoms in total. The summed E-state index contributed by atoms with van der Waals surface area (Å²) in [5, 5.41) is 8.56. The molecule has 0 aromatic heterocycles. The van der Waals surface area contributed by atoms with Gasteiger partial charge in [-0.25, -0.2) is 0 Å². The van der Waals surface area contributed by atoms with Gasteiger partial charge in [0, 0.05) is 18.8 Å². The van der Waals surface area contributed by atoms with Crippen LogP contribution < -0.4 is 20.7 Å². The van der Waals surface area contributed by atoms with Gasteiger partial charge in [0.2, 0.25) is 5.91 Å². The Kier molecular flexibility index (Phi) is 5.57. The van der Waals surface area contributed by atoms with E-state index in [1.54, 1.807) is 31.3 Å². The van der Waals surface area contributed by atoms with Crippen LogP contribution in [0.25, 0.3) is 0 Å². The summed E-state index contributed by atoms with van der Waals surface area (Å²) in [7, 11) is 1.56. The fourth-order valence-corrected chi connectivity index (χ4v) is 2.19. The molecular formula is C15H21N3O3. The molecule has 1 heterocycles. The Hall–Kier alpha value is -2.08. The number of ether oxygens (including phenoxy) is 1. The van der Waals surface area contributed by atoms with Crippen molar-refractivity contribution in [3.63, 3.8) is 0 Å². The van der Waals surface area contributed by atoms with E-state index in [0.717, 1.165) is 25.8 Å². The molecule has 0 radical (unpaired) electrons. The fourth-order valence-electron chi connectivity index (χ4n) is 2.19. The Labute approximate surface area is 124 Å². The second-order valence-corrected chi connectivity index (χ2v) is 4.98. The van der Waals surface area contributed by atoms with Gasteiger partial charge in [-0.2, -0.15) is 0 Å². The van der Waals surface area contributed by atoms with E-state index in [1.807, 2.05) is 0 Å². The van der Waals surface area contributed by atoms with Crippen molar-refractivity contribution in [3.8, 4) is 5.75 Å². The molecule has 1 fully saturated rings. The summed E-state index contributed by atoms with van der Waals surface area (Å²) in [6.07, 6.45) is 3.05. The maximum atomic E-state index is 12.1. The van der Waals surface area contributed by atoms with E-state index in [2.05, 4.69) is 16.0 Å². The summed E-state index contributed by atoms with van der Waals surface area (Å²) in [4.78, 5) is 23.3. The predicted molar refractivity (Wildman–Crippen MR) is 80.3 cm³/mol. The number of carbonyl (C=O) groups excluding carboxylic acids is 2. The Morgan fingerprint density at radius 3 is 2.95 bits per heavy atom. The molecule has 1 saturated heterocycles. The molecule has 0 unspecified atom stereocenters. The lowest BCUT2D eigenvalue weighted by molar-refractivity contribution is -0.122. The zero-order chi connectivity index (χ0) is 15.1. The summed E-state index contributed by atoms with van der Waals surface area (Å²) in [6.45, 7) is 0.839. The molecule has 6 heteroatoms. The Bertz CT molecular complexity index is 499. The highest BCUT2D eigenvalue weighted by atomic mass is 16.5. The van der Waals surface area contributed by atoms with Crippen molar-refractivity contribution in [1.29, 1.82) is 0 Å². The molecule has 114 valence electrons. The number of amides is 2. The van der Waals surface area contributed by atoms with Crippen LogP contribution in [-0.4, -0.2) is 38.1 Å². The molecule has 2 rings (SSSR count). The number of nitrogens with one attached hydrogen (secondary N) is 3. The van der Waals surface area contributed by atoms with Gasteiger partial charge in [0.25, 0.3) is 5.91 Å². The van der Waals surface area contributed by atoms with Crippen LogP contribution in [0, 0.1) is 0 Å². The summed E-state index contributed by atoms with van der Waals surface area (Å²) in [5.74, 6) is 0.321. The lowest BCUT2D eigenvalue weighted by atomic mass is 10.0. The third kappa shape index (κ3) is 4.75. The first kappa shape index (κ1) is 15.3. The van der Waals surface area contributed by atoms with Crippen LogP contribution in [0.15, 0.2) is 24.3 Å². The number of likely N-dealkylation sites (N-methyl/N-ethyl adjacent to an activating group) is 1. The molecule has 1 aromatic carbocycles. The zero-order valence-electron chi connectivity index (χ0n) is 12.1. The van der Waals surface area contributed by atoms with Crippen molar-refractivity contribution in [1.82, 2.24) is 10.6 Å². The van der Waals surface area contributed by atoms with Crippen molar-refractivity contribution in [3.05, 3.63) is 24.3 Å². The molecule has 1 aliphatic heterocycles. The van der Waals surface area contributed by atoms with Gasteiger partial charge in [-0.05, 0) is 31.5 Å². The molecule has 3 N–H and O–H groups in total. The molecule has 0 aliphatic carbocycles. The number of hydrogen-bond acceptors (Lipinski definition) is 4. The van der Waals surface area contributed by atoms with Gasteiger partial charge < -0.3 is 20.7 Å². The predicted octanol–water partition coefficient (Wildman–Crippen LogP) is 0.892. The van der Waals surface area contributed by atoms with Gasteiger partial charge in [-0.3, -0.25) is 9.59 Å². The zero-order valence-corrected chi connectivity index (χ0v) is 12.1. The molecule has 0 bridgehead atoms. The first-order valence-electron chi connectivity index (χ1n) is 7.17. The average Bonchev–Trinajstić information content (AvgIpc) is 2.53. The van der Waals surface area contributed by atoms with Gasteiger partial charge >= 0.3 is 0 Å². The molecule has 0 spiro atoms. The highest BCUT2D eigenvalue weighted by Gasteiger charge is 2.20. The first-order valence-corrected chi connectivity index (χ1v) is 7.17. The molecule has 0 saturated carbocycles. The Morgan fingerprint density at radius 2 is 2.24 bits per heavy atom. The minimum atomic E-state index is -0.198. The molecular weight excluding hydrogens is 270 g/mol. The van der Waals surface area contributed by atoms with E-state index in [4.69, 9.17) is 4.74 Å². The standard InChI is InChI=1S/C15H21N3O3/c1-16-14(19)10-21-12-6-4-5-11(9-12)18-15(20)13-7-2-3-8-17-13/h4-6,9,13,17H,2-3,7-8,10H2,1H3,(H,16,19)(H,18,20)/t13-/m0/s1. The molecule has 1 atom stereocenters. The van der Waals surface area contributed by atoms with Gasteiger partial charge in [-0.1, -0.05) is 12.5 Å². The van der Waals surface area contributed by atoms with Gasteiger partial charge in [0.15, 0.2) is 6.61 Å². The Balaban J connectivity index is 1.90. The number of carbonyl (C=O) groups is 2. The van der Waals surface area contributed by atoms with E-state index in [-0.39, 0.29) is 24.5 Å². The normalized spacial score (nSPS) is 17.9. The van der Waals surface area contributed by atoms with Crippen molar-refractivity contribution >= 4 is 17.5 Å². The van der Waals surface area contributed by atoms with Gasteiger partial charge in [0.1, 0.15) is 5.75 Å². The monoisotopic (exact) mass is 291 g/mol. The number of rotatable bonds is 5. The van der Waals surface area contributed by atoms with Crippen LogP contribution in [0.4, 0.5) is 5.69 Å². The van der Waals surface area contributed by atoms with E-state index in [9.17, 15) is 9.59 Å². The van der Waals surface area contributed by atoms with Crippen LogP contribution in [0.1, 0.15) is 19.3 Å². The molecule has 1 aromatic rings. The average molecular weight is 291 g/mol. The second kappa shape index (κ2) is 7.64. The van der Waals surface area contributed by atoms with E-state index in [1.165, 1.54) is 0 Å². The quantitative estimate of drug-likeness (QED) is 0.753. The van der Waals surface area contributed by atoms with Crippen LogP contribution in [0.3, 0.4) is 0 Å². The number of piperidine rings is 1. The van der Waals surface area contributed by atoms with Crippen molar-refractivity contribution in [2.45, 2.75) is 25.3 Å². The third-order valence-corrected chi connectivity index (χ3v) is 3.38. The van der Waals surface area contributed by atoms with Gasteiger partial charge in [0.05, 0.1) is 6.04 Å². The highest BCUT2D eigenvalue weighted by molar-refractivity contribution is 5.95. The van der Waals surface area contributed by atoms with E-state index < -0.39 is 0 Å². The van der Waals surface area contributed by atoms with Crippen LogP contribution in [-0.2, 0) is 9.59 Å². The van der Waals surface area contributed by atoms with Crippen LogP contribution in [0.5, 0.6) is 5.75 Å². The third-order valence-electron chi connectivity index (χ3n) is 3.38. The summed E-state index contributed by atoms with van der Waals surface area (Å²) >= 11 is 0. The smallest absolute Gasteiger partial charge is 0.257 e. The maximum absolute atomic E-state index is 12.1. The number of benzene rings is 1. The van der Waals surface area contributed by atoms with Crippen molar-refractivity contribution < 1.29 is 14.3 Å².